The molecule has 5 heteroatoms. The fourth-order valence-corrected chi connectivity index (χ4v) is 0.796. The monoisotopic (exact) mass is 188 g/mol. The molecule has 0 unspecified atom stereocenters. The maximum Gasteiger partial charge on any atom is 0.186 e. The molecule has 1 heterocycles. The summed E-state index contributed by atoms with van der Waals surface area (Å²) in [6.07, 6.45) is 1.34. The predicted octanol–water partition coefficient (Wildman–Crippen LogP) is 2.61. The Labute approximate surface area is 72.7 Å². The minimum atomic E-state index is -0.675. The topological polar surface area (TPSA) is 25.2 Å². The van der Waals surface area contributed by atoms with Crippen LogP contribution in [0.15, 0.2) is 17.3 Å². The highest BCUT2D eigenvalue weighted by Crippen LogP contribution is 2.21. The molecule has 0 bridgehead atoms. The van der Waals surface area contributed by atoms with Crippen molar-refractivity contribution in [2.75, 3.05) is 0 Å². The molecule has 0 amide bonds. The first kappa shape index (κ1) is 8.27. The lowest BCUT2D eigenvalue weighted by molar-refractivity contribution is 0.624. The van der Waals surface area contributed by atoms with Crippen molar-refractivity contribution in [2.24, 2.45) is 4.99 Å². The van der Waals surface area contributed by atoms with Crippen LogP contribution in [0.25, 0.3) is 0 Å². The molecule has 0 fully saturated rings. The van der Waals surface area contributed by atoms with Gasteiger partial charge in [-0.1, -0.05) is 11.6 Å². The summed E-state index contributed by atoms with van der Waals surface area (Å²) >= 11 is 9.63. The van der Waals surface area contributed by atoms with E-state index in [4.69, 9.17) is 11.6 Å². The number of pyridine rings is 1. The van der Waals surface area contributed by atoms with E-state index in [0.29, 0.717) is 0 Å². The molecule has 56 valence electrons. The molecular formula is C6H2ClFN2S. The molecule has 0 radical (unpaired) electrons. The van der Waals surface area contributed by atoms with Crippen molar-refractivity contribution in [3.05, 3.63) is 23.2 Å². The van der Waals surface area contributed by atoms with Gasteiger partial charge in [-0.25, -0.2) is 9.37 Å². The van der Waals surface area contributed by atoms with Crippen molar-refractivity contribution in [1.82, 2.24) is 4.98 Å². The summed E-state index contributed by atoms with van der Waals surface area (Å²) in [6, 6.07) is 1.36. The number of aromatic nitrogens is 1. The van der Waals surface area contributed by atoms with Gasteiger partial charge in [-0.05, 0) is 18.3 Å². The number of rotatable bonds is 1. The Morgan fingerprint density at radius 3 is 3.09 bits per heavy atom. The molecule has 0 N–H and O–H groups in total. The van der Waals surface area contributed by atoms with E-state index in [0.717, 1.165) is 0 Å². The number of hydrogen-bond acceptors (Lipinski definition) is 3. The van der Waals surface area contributed by atoms with Crippen molar-refractivity contribution in [3.8, 4) is 0 Å². The Balaban J connectivity index is 3.26. The van der Waals surface area contributed by atoms with E-state index in [1.54, 1.807) is 0 Å². The fourth-order valence-electron chi connectivity index (χ4n) is 0.544. The zero-order chi connectivity index (χ0) is 8.27. The molecular weight excluding hydrogens is 187 g/mol. The first-order valence-corrected chi connectivity index (χ1v) is 3.42. The van der Waals surface area contributed by atoms with Gasteiger partial charge >= 0.3 is 0 Å². The van der Waals surface area contributed by atoms with E-state index < -0.39 is 5.82 Å². The van der Waals surface area contributed by atoms with Crippen LogP contribution in [-0.4, -0.2) is 10.1 Å². The maximum absolute atomic E-state index is 12.8. The third-order valence-corrected chi connectivity index (χ3v) is 1.35. The molecule has 0 aliphatic heterocycles. The molecule has 0 atom stereocenters. The van der Waals surface area contributed by atoms with E-state index in [1.807, 2.05) is 5.16 Å². The van der Waals surface area contributed by atoms with Crippen molar-refractivity contribution in [1.29, 1.82) is 0 Å². The van der Waals surface area contributed by atoms with E-state index in [1.165, 1.54) is 12.3 Å². The molecule has 0 saturated carbocycles. The Bertz CT molecular complexity index is 322. The average Bonchev–Trinajstić information content (AvgIpc) is 1.99. The normalized spacial score (nSPS) is 8.91. The van der Waals surface area contributed by atoms with Gasteiger partial charge in [-0.3, -0.25) is 0 Å². The standard InChI is InChI=1S/C6H2ClFN2S/c7-6-5(8)4(10-3-11)1-2-9-6/h1-2H. The van der Waals surface area contributed by atoms with Gasteiger partial charge in [-0.2, -0.15) is 4.99 Å². The molecule has 0 spiro atoms. The summed E-state index contributed by atoms with van der Waals surface area (Å²) in [7, 11) is 0. The lowest BCUT2D eigenvalue weighted by Crippen LogP contribution is -1.80. The molecule has 0 aliphatic carbocycles. The second kappa shape index (κ2) is 3.53. The first-order valence-electron chi connectivity index (χ1n) is 2.63. The van der Waals surface area contributed by atoms with Crippen LogP contribution in [0.5, 0.6) is 0 Å². The average molecular weight is 189 g/mol. The summed E-state index contributed by atoms with van der Waals surface area (Å²) < 4.78 is 12.8. The van der Waals surface area contributed by atoms with Gasteiger partial charge in [0.15, 0.2) is 11.0 Å². The summed E-state index contributed by atoms with van der Waals surface area (Å²) in [5.74, 6) is -0.675. The Morgan fingerprint density at radius 2 is 2.45 bits per heavy atom. The minimum Gasteiger partial charge on any atom is -0.241 e. The lowest BCUT2D eigenvalue weighted by atomic mass is 10.4. The molecule has 0 aromatic carbocycles. The molecule has 2 nitrogen and oxygen atoms in total. The molecule has 1 aromatic rings. The van der Waals surface area contributed by atoms with Gasteiger partial charge in [0.05, 0.1) is 5.16 Å². The molecule has 11 heavy (non-hydrogen) atoms. The van der Waals surface area contributed by atoms with Gasteiger partial charge in [0, 0.05) is 6.20 Å². The Hall–Kier alpha value is -0.830. The Kier molecular flexibility index (Phi) is 2.65. The highest BCUT2D eigenvalue weighted by atomic mass is 35.5. The molecule has 0 aliphatic rings. The van der Waals surface area contributed by atoms with Crippen LogP contribution in [0.4, 0.5) is 10.1 Å². The summed E-state index contributed by atoms with van der Waals surface area (Å²) in [4.78, 5) is 6.92. The maximum atomic E-state index is 12.8. The van der Waals surface area contributed by atoms with Crippen LogP contribution < -0.4 is 0 Å². The van der Waals surface area contributed by atoms with Gasteiger partial charge in [0.1, 0.15) is 5.69 Å². The number of isothiocyanates is 1. The first-order chi connectivity index (χ1) is 5.25. The van der Waals surface area contributed by atoms with Gasteiger partial charge < -0.3 is 0 Å². The van der Waals surface area contributed by atoms with Crippen LogP contribution in [0.1, 0.15) is 0 Å². The van der Waals surface area contributed by atoms with Gasteiger partial charge in [-0.15, -0.1) is 0 Å². The number of aliphatic imine (C=N–C) groups is 1. The summed E-state index contributed by atoms with van der Waals surface area (Å²) in [5, 5.41) is 1.82. The van der Waals surface area contributed by atoms with Crippen molar-refractivity contribution < 1.29 is 4.39 Å². The zero-order valence-corrected chi connectivity index (χ0v) is 6.79. The highest BCUT2D eigenvalue weighted by molar-refractivity contribution is 7.78. The molecule has 1 rings (SSSR count). The SMILES string of the molecule is Fc1c(N=C=S)ccnc1Cl. The smallest absolute Gasteiger partial charge is 0.186 e. The predicted molar refractivity (Wildman–Crippen MR) is 43.9 cm³/mol. The van der Waals surface area contributed by atoms with Crippen LogP contribution in [0.3, 0.4) is 0 Å². The van der Waals surface area contributed by atoms with Gasteiger partial charge in [0.2, 0.25) is 0 Å². The summed E-state index contributed by atoms with van der Waals surface area (Å²) in [5.41, 5.74) is 0.0556. The van der Waals surface area contributed by atoms with E-state index in [2.05, 4.69) is 22.2 Å². The summed E-state index contributed by atoms with van der Waals surface area (Å²) in [6.45, 7) is 0. The number of nitrogens with zero attached hydrogens (tertiary/aromatic N) is 2. The Morgan fingerprint density at radius 1 is 1.73 bits per heavy atom. The quantitative estimate of drug-likeness (QED) is 0.385. The number of halogens is 2. The van der Waals surface area contributed by atoms with E-state index >= 15 is 0 Å². The molecule has 1 aromatic heterocycles. The second-order valence-corrected chi connectivity index (χ2v) is 2.18. The fraction of sp³-hybridized carbons (Fsp3) is 0. The van der Waals surface area contributed by atoms with Crippen LogP contribution >= 0.6 is 23.8 Å². The van der Waals surface area contributed by atoms with Crippen LogP contribution in [0.2, 0.25) is 5.15 Å². The van der Waals surface area contributed by atoms with Crippen molar-refractivity contribution >= 4 is 34.7 Å². The van der Waals surface area contributed by atoms with E-state index in [-0.39, 0.29) is 10.8 Å². The van der Waals surface area contributed by atoms with Crippen molar-refractivity contribution in [3.63, 3.8) is 0 Å². The zero-order valence-electron chi connectivity index (χ0n) is 5.21. The second-order valence-electron chi connectivity index (χ2n) is 1.64. The number of thiocarbonyl (C=S) groups is 1. The van der Waals surface area contributed by atoms with Crippen molar-refractivity contribution in [2.45, 2.75) is 0 Å². The third kappa shape index (κ3) is 1.80. The minimum absolute atomic E-state index is 0.0556. The van der Waals surface area contributed by atoms with Gasteiger partial charge in [0.25, 0.3) is 0 Å². The number of hydrogen-bond donors (Lipinski definition) is 0. The largest absolute Gasteiger partial charge is 0.241 e. The lowest BCUT2D eigenvalue weighted by Gasteiger charge is -1.93. The van der Waals surface area contributed by atoms with Crippen LogP contribution in [-0.2, 0) is 0 Å². The highest BCUT2D eigenvalue weighted by Gasteiger charge is 2.04. The van der Waals surface area contributed by atoms with Crippen LogP contribution in [0, 0.1) is 5.82 Å². The third-order valence-electron chi connectivity index (χ3n) is 0.992. The van der Waals surface area contributed by atoms with E-state index in [9.17, 15) is 4.39 Å². The molecule has 0 saturated heterocycles.